The molecule has 238 valence electrons. The van der Waals surface area contributed by atoms with Crippen LogP contribution in [0.25, 0.3) is 0 Å². The van der Waals surface area contributed by atoms with E-state index in [0.29, 0.717) is 41.6 Å². The molecule has 2 aliphatic heterocycles. The molecular formula is C41H51NO3. The zero-order valence-corrected chi connectivity index (χ0v) is 27.8. The maximum absolute atomic E-state index is 12.3. The molecular weight excluding hydrogens is 554 g/mol. The number of benzene rings is 2. The highest BCUT2D eigenvalue weighted by molar-refractivity contribution is 5.91. The Labute approximate surface area is 270 Å². The second kappa shape index (κ2) is 11.2. The highest BCUT2D eigenvalue weighted by Crippen LogP contribution is 2.64. The number of rotatable bonds is 4. The molecule has 9 atom stereocenters. The van der Waals surface area contributed by atoms with Gasteiger partial charge in [-0.2, -0.15) is 0 Å². The molecule has 0 amide bonds. The minimum atomic E-state index is -0.0527. The second-order valence-electron chi connectivity index (χ2n) is 16.0. The zero-order valence-electron chi connectivity index (χ0n) is 27.8. The molecule has 1 spiro atoms. The maximum atomic E-state index is 12.3. The van der Waals surface area contributed by atoms with Gasteiger partial charge in [-0.15, -0.1) is 0 Å². The van der Waals surface area contributed by atoms with E-state index >= 15 is 0 Å². The number of nitrogens with zero attached hydrogens (tertiary/aromatic N) is 1. The molecule has 2 heterocycles. The van der Waals surface area contributed by atoms with E-state index in [1.165, 1.54) is 43.2 Å². The molecule has 45 heavy (non-hydrogen) atoms. The topological polar surface area (TPSA) is 38.8 Å². The van der Waals surface area contributed by atoms with Gasteiger partial charge < -0.3 is 9.47 Å². The van der Waals surface area contributed by atoms with Crippen molar-refractivity contribution in [1.29, 1.82) is 0 Å². The predicted molar refractivity (Wildman–Crippen MR) is 179 cm³/mol. The van der Waals surface area contributed by atoms with Crippen molar-refractivity contribution in [1.82, 2.24) is 4.90 Å². The molecule has 0 bridgehead atoms. The summed E-state index contributed by atoms with van der Waals surface area (Å²) in [5, 5.41) is 0. The van der Waals surface area contributed by atoms with E-state index in [1.807, 2.05) is 36.4 Å². The first kappa shape index (κ1) is 29.7. The van der Waals surface area contributed by atoms with Gasteiger partial charge in [0.15, 0.2) is 5.78 Å². The Hall–Kier alpha value is -2.69. The number of likely N-dealkylation sites (tertiary alicyclic amines) is 1. The summed E-state index contributed by atoms with van der Waals surface area (Å²) in [4.78, 5) is 15.1. The van der Waals surface area contributed by atoms with Crippen molar-refractivity contribution in [3.05, 3.63) is 83.0 Å². The van der Waals surface area contributed by atoms with Crippen LogP contribution < -0.4 is 4.74 Å². The Morgan fingerprint density at radius 2 is 1.76 bits per heavy atom. The lowest BCUT2D eigenvalue weighted by Gasteiger charge is -2.48. The Balaban J connectivity index is 1.01. The average molecular weight is 606 g/mol. The van der Waals surface area contributed by atoms with Crippen LogP contribution in [0.4, 0.5) is 0 Å². The van der Waals surface area contributed by atoms with Crippen LogP contribution in [-0.4, -0.2) is 35.0 Å². The summed E-state index contributed by atoms with van der Waals surface area (Å²) in [6.45, 7) is 12.0. The van der Waals surface area contributed by atoms with Crippen LogP contribution in [-0.2, 0) is 16.1 Å². The Bertz CT molecular complexity index is 1510. The minimum absolute atomic E-state index is 0.0527. The van der Waals surface area contributed by atoms with Crippen LogP contribution in [0.2, 0.25) is 0 Å². The van der Waals surface area contributed by atoms with Crippen molar-refractivity contribution in [3.63, 3.8) is 0 Å². The fourth-order valence-corrected chi connectivity index (χ4v) is 11.2. The van der Waals surface area contributed by atoms with E-state index in [-0.39, 0.29) is 11.0 Å². The quantitative estimate of drug-likeness (QED) is 0.326. The molecule has 4 aliphatic carbocycles. The molecule has 2 aromatic carbocycles. The standard InChI is InChI=1S/C41H51NO3/c1-26-20-38-39(42(24-26)25-29-10-13-33(14-11-29)44-32-8-6-5-7-9-32)28(3)41(45-38)19-17-34-35-15-12-30-21-31(43)16-18-40(30,4)37(35)22-36(34)27(2)23-41/h5-11,13-14,21,26,28,34-35,37-39H,12,15-20,22-25H2,1-4H3/t26-,28+,34-,35?,37-,38?,39-,40-,41-/m0/s1. The highest BCUT2D eigenvalue weighted by Gasteiger charge is 2.59. The van der Waals surface area contributed by atoms with Crippen molar-refractivity contribution < 1.29 is 14.3 Å². The zero-order chi connectivity index (χ0) is 30.9. The molecule has 2 saturated carbocycles. The molecule has 0 aromatic heterocycles. The Kier molecular flexibility index (Phi) is 7.41. The third-order valence-corrected chi connectivity index (χ3v) is 13.4. The normalized spacial score (nSPS) is 39.5. The first-order valence-corrected chi connectivity index (χ1v) is 17.9. The van der Waals surface area contributed by atoms with Gasteiger partial charge in [-0.25, -0.2) is 0 Å². The molecule has 4 fully saturated rings. The van der Waals surface area contributed by atoms with E-state index in [2.05, 4.69) is 56.9 Å². The average Bonchev–Trinajstić information content (AvgIpc) is 3.49. The summed E-state index contributed by atoms with van der Waals surface area (Å²) >= 11 is 0. The number of carbonyl (C=O) groups excluding carboxylic acids is 1. The van der Waals surface area contributed by atoms with Gasteiger partial charge in [0, 0.05) is 31.5 Å². The van der Waals surface area contributed by atoms with Gasteiger partial charge >= 0.3 is 0 Å². The molecule has 4 heteroatoms. The van der Waals surface area contributed by atoms with Crippen LogP contribution in [0.5, 0.6) is 11.5 Å². The summed E-state index contributed by atoms with van der Waals surface area (Å²) in [7, 11) is 0. The van der Waals surface area contributed by atoms with Crippen molar-refractivity contribution in [2.24, 2.45) is 35.0 Å². The van der Waals surface area contributed by atoms with Gasteiger partial charge in [0.05, 0.1) is 11.7 Å². The van der Waals surface area contributed by atoms with Gasteiger partial charge in [0.2, 0.25) is 0 Å². The molecule has 4 nitrogen and oxygen atoms in total. The number of ketones is 1. The summed E-state index contributed by atoms with van der Waals surface area (Å²) in [6, 6.07) is 19.2. The lowest BCUT2D eigenvalue weighted by Crippen LogP contribution is -2.51. The monoisotopic (exact) mass is 605 g/mol. The maximum Gasteiger partial charge on any atom is 0.155 e. The lowest BCUT2D eigenvalue weighted by atomic mass is 9.56. The van der Waals surface area contributed by atoms with E-state index in [1.54, 1.807) is 11.1 Å². The molecule has 0 N–H and O–H groups in total. The van der Waals surface area contributed by atoms with E-state index in [0.717, 1.165) is 56.2 Å². The number of hydrogen-bond acceptors (Lipinski definition) is 4. The van der Waals surface area contributed by atoms with E-state index in [4.69, 9.17) is 9.47 Å². The van der Waals surface area contributed by atoms with Crippen LogP contribution >= 0.6 is 0 Å². The first-order valence-electron chi connectivity index (χ1n) is 17.9. The largest absolute Gasteiger partial charge is 0.457 e. The third kappa shape index (κ3) is 5.06. The summed E-state index contributed by atoms with van der Waals surface area (Å²) in [5.41, 5.74) is 6.39. The molecule has 8 rings (SSSR count). The highest BCUT2D eigenvalue weighted by atomic mass is 16.5. The summed E-state index contributed by atoms with van der Waals surface area (Å²) in [5.74, 6) is 5.43. The SMILES string of the molecule is CC1=C2C[C@H]3C(CCC4=CC(=O)CC[C@@]43C)[C@@H]2CC[C@@]2(C1)OC1C[C@H](C)CN(Cc3ccc(Oc4ccccc4)cc3)[C@H]1[C@H]2C. The van der Waals surface area contributed by atoms with Crippen molar-refractivity contribution in [2.45, 2.75) is 110 Å². The molecule has 6 aliphatic rings. The Morgan fingerprint density at radius 1 is 0.978 bits per heavy atom. The number of allylic oxidation sites excluding steroid dienone is 3. The third-order valence-electron chi connectivity index (χ3n) is 13.4. The van der Waals surface area contributed by atoms with Crippen LogP contribution in [0, 0.1) is 35.0 Å². The predicted octanol–water partition coefficient (Wildman–Crippen LogP) is 9.31. The number of para-hydroxylation sites is 1. The van der Waals surface area contributed by atoms with Crippen LogP contribution in [0.15, 0.2) is 77.4 Å². The second-order valence-corrected chi connectivity index (χ2v) is 16.0. The number of piperidine rings is 1. The van der Waals surface area contributed by atoms with Crippen LogP contribution in [0.3, 0.4) is 0 Å². The number of ether oxygens (including phenoxy) is 2. The van der Waals surface area contributed by atoms with Crippen molar-refractivity contribution >= 4 is 5.78 Å². The first-order chi connectivity index (χ1) is 21.7. The molecule has 2 saturated heterocycles. The van der Waals surface area contributed by atoms with Gasteiger partial charge in [-0.3, -0.25) is 9.69 Å². The molecule has 0 radical (unpaired) electrons. The minimum Gasteiger partial charge on any atom is -0.457 e. The number of fused-ring (bicyclic) bond motifs is 6. The van der Waals surface area contributed by atoms with Crippen molar-refractivity contribution in [2.75, 3.05) is 6.54 Å². The summed E-state index contributed by atoms with van der Waals surface area (Å²) in [6.07, 6.45) is 12.5. The van der Waals surface area contributed by atoms with Gasteiger partial charge in [0.1, 0.15) is 11.5 Å². The Morgan fingerprint density at radius 3 is 2.56 bits per heavy atom. The number of hydrogen-bond donors (Lipinski definition) is 0. The van der Waals surface area contributed by atoms with Crippen molar-refractivity contribution in [3.8, 4) is 11.5 Å². The van der Waals surface area contributed by atoms with Gasteiger partial charge in [-0.05, 0) is 123 Å². The van der Waals surface area contributed by atoms with E-state index < -0.39 is 0 Å². The fourth-order valence-electron chi connectivity index (χ4n) is 11.2. The molecule has 2 unspecified atom stereocenters. The lowest BCUT2D eigenvalue weighted by molar-refractivity contribution is -0.116. The van der Waals surface area contributed by atoms with Gasteiger partial charge in [0.25, 0.3) is 0 Å². The smallest absolute Gasteiger partial charge is 0.155 e. The van der Waals surface area contributed by atoms with E-state index in [9.17, 15) is 4.79 Å². The summed E-state index contributed by atoms with van der Waals surface area (Å²) < 4.78 is 13.4. The van der Waals surface area contributed by atoms with Crippen LogP contribution in [0.1, 0.15) is 91.0 Å². The fraction of sp³-hybridized carbons (Fsp3) is 0.585. The molecule has 2 aromatic rings. The number of carbonyl (C=O) groups is 1. The van der Waals surface area contributed by atoms with Gasteiger partial charge in [-0.1, -0.05) is 67.8 Å².